The first-order valence-electron chi connectivity index (χ1n) is 19.2. The zero-order valence-electron chi connectivity index (χ0n) is 32.0. The molecule has 0 N–H and O–H groups in total. The quantitative estimate of drug-likeness (QED) is 0.135. The molecule has 0 radical (unpaired) electrons. The number of ether oxygens (including phenoxy) is 1. The maximum atomic E-state index is 6.58. The zero-order chi connectivity index (χ0) is 38.3. The molecule has 1 aromatic heterocycles. The van der Waals surface area contributed by atoms with Crippen molar-refractivity contribution < 1.29 is 25.8 Å². The van der Waals surface area contributed by atoms with Gasteiger partial charge in [-0.05, 0) is 48.6 Å². The molecule has 58 heavy (non-hydrogen) atoms. The molecule has 6 heteroatoms. The first-order valence-corrected chi connectivity index (χ1v) is 19.2. The van der Waals surface area contributed by atoms with E-state index in [0.717, 1.165) is 78.1 Å². The molecule has 1 aliphatic rings. The molecular formula is C52H38N4OPt. The van der Waals surface area contributed by atoms with Crippen LogP contribution in [0.2, 0.25) is 0 Å². The number of rotatable bonds is 9. The van der Waals surface area contributed by atoms with Crippen molar-refractivity contribution in [3.05, 3.63) is 211 Å². The minimum absolute atomic E-state index is 0. The summed E-state index contributed by atoms with van der Waals surface area (Å²) >= 11 is 0. The van der Waals surface area contributed by atoms with E-state index in [2.05, 4.69) is 205 Å². The molecular weight excluding hydrogens is 892 g/mol. The molecule has 0 amide bonds. The molecule has 8 aromatic carbocycles. The number of nitrogens with zero attached hydrogens (tertiary/aromatic N) is 4. The van der Waals surface area contributed by atoms with Crippen LogP contribution in [0.3, 0.4) is 0 Å². The van der Waals surface area contributed by atoms with Crippen molar-refractivity contribution in [1.29, 1.82) is 0 Å². The summed E-state index contributed by atoms with van der Waals surface area (Å²) in [6, 6.07) is 68.5. The van der Waals surface area contributed by atoms with Crippen molar-refractivity contribution in [2.24, 2.45) is 0 Å². The number of fused-ring (bicyclic) bond motifs is 4. The Balaban J connectivity index is 0.00000436. The topological polar surface area (TPSA) is 34.7 Å². The van der Waals surface area contributed by atoms with Gasteiger partial charge in [-0.15, -0.1) is 53.8 Å². The van der Waals surface area contributed by atoms with Crippen molar-refractivity contribution in [3.63, 3.8) is 0 Å². The van der Waals surface area contributed by atoms with E-state index in [1.807, 2.05) is 18.2 Å². The summed E-state index contributed by atoms with van der Waals surface area (Å²) < 4.78 is 8.80. The Bertz CT molecular complexity index is 2850. The fourth-order valence-electron chi connectivity index (χ4n) is 8.03. The summed E-state index contributed by atoms with van der Waals surface area (Å²) in [5, 5.41) is 7.31. The van der Waals surface area contributed by atoms with Crippen LogP contribution in [0.1, 0.15) is 11.1 Å². The summed E-state index contributed by atoms with van der Waals surface area (Å²) in [5.41, 5.74) is 14.2. The van der Waals surface area contributed by atoms with Crippen LogP contribution in [0.15, 0.2) is 176 Å². The van der Waals surface area contributed by atoms with Crippen LogP contribution >= 0.6 is 0 Å². The Hall–Kier alpha value is -6.55. The second-order valence-corrected chi connectivity index (χ2v) is 14.4. The second-order valence-electron chi connectivity index (χ2n) is 14.4. The first kappa shape index (κ1) is 37.0. The van der Waals surface area contributed by atoms with Crippen molar-refractivity contribution >= 4 is 50.2 Å². The largest absolute Gasteiger partial charge is 4.00 e. The molecule has 10 rings (SSSR count). The van der Waals surface area contributed by atoms with Gasteiger partial charge >= 0.3 is 21.1 Å². The summed E-state index contributed by atoms with van der Waals surface area (Å²) in [4.78, 5) is 4.50. The maximum Gasteiger partial charge on any atom is 4.00 e. The van der Waals surface area contributed by atoms with Gasteiger partial charge < -0.3 is 24.4 Å². The Morgan fingerprint density at radius 1 is 0.569 bits per heavy atom. The number of benzene rings is 8. The molecule has 0 bridgehead atoms. The van der Waals surface area contributed by atoms with Gasteiger partial charge in [0.1, 0.15) is 0 Å². The number of aromatic nitrogens is 1. The van der Waals surface area contributed by atoms with Crippen molar-refractivity contribution in [1.82, 2.24) is 4.57 Å². The summed E-state index contributed by atoms with van der Waals surface area (Å²) in [6.45, 7) is 6.86. The SMILES string of the molecule is Cc1ccc([N-]Cn2c3[c-]c(Oc4[c-]c(N5[CH-]N(c6c(-c7ccccc7)cccc6-c6ccccc6)c6ccccc65)ccc4)ccc3c3ccccc32)c(C)c1.[Pt+4]. The van der Waals surface area contributed by atoms with Crippen molar-refractivity contribution in [2.75, 3.05) is 9.80 Å². The molecule has 0 aliphatic carbocycles. The molecule has 9 aromatic rings. The molecule has 0 saturated heterocycles. The van der Waals surface area contributed by atoms with E-state index in [0.29, 0.717) is 18.2 Å². The summed E-state index contributed by atoms with van der Waals surface area (Å²) in [5.74, 6) is 1.22. The van der Waals surface area contributed by atoms with Gasteiger partial charge in [0.2, 0.25) is 0 Å². The van der Waals surface area contributed by atoms with Crippen LogP contribution in [0.5, 0.6) is 11.5 Å². The minimum atomic E-state index is 0. The van der Waals surface area contributed by atoms with Crippen LogP contribution in [-0.4, -0.2) is 4.57 Å². The van der Waals surface area contributed by atoms with Gasteiger partial charge in [-0.3, -0.25) is 0 Å². The smallest absolute Gasteiger partial charge is 0.667 e. The van der Waals surface area contributed by atoms with Gasteiger partial charge in [0.25, 0.3) is 0 Å². The number of hydrogen-bond donors (Lipinski definition) is 0. The van der Waals surface area contributed by atoms with E-state index in [1.54, 1.807) is 0 Å². The second kappa shape index (κ2) is 15.8. The van der Waals surface area contributed by atoms with E-state index in [9.17, 15) is 0 Å². The van der Waals surface area contributed by atoms with Gasteiger partial charge in [-0.1, -0.05) is 151 Å². The molecule has 0 unspecified atom stereocenters. The van der Waals surface area contributed by atoms with Gasteiger partial charge in [-0.2, -0.15) is 12.1 Å². The third-order valence-electron chi connectivity index (χ3n) is 10.7. The third kappa shape index (κ3) is 6.82. The maximum absolute atomic E-state index is 6.58. The van der Waals surface area contributed by atoms with Crippen LogP contribution in [-0.2, 0) is 27.7 Å². The predicted molar refractivity (Wildman–Crippen MR) is 235 cm³/mol. The number of aryl methyl sites for hydroxylation is 2. The monoisotopic (exact) mass is 929 g/mol. The third-order valence-corrected chi connectivity index (χ3v) is 10.7. The molecule has 0 saturated carbocycles. The Kier molecular flexibility index (Phi) is 10.1. The molecule has 0 spiro atoms. The molecule has 2 heterocycles. The summed E-state index contributed by atoms with van der Waals surface area (Å²) in [6.07, 6.45) is 0. The van der Waals surface area contributed by atoms with E-state index in [4.69, 9.17) is 10.1 Å². The van der Waals surface area contributed by atoms with Gasteiger partial charge in [0.05, 0.1) is 0 Å². The molecule has 1 aliphatic heterocycles. The van der Waals surface area contributed by atoms with Gasteiger partial charge in [-0.25, -0.2) is 0 Å². The molecule has 0 atom stereocenters. The normalized spacial score (nSPS) is 12.1. The van der Waals surface area contributed by atoms with Crippen LogP contribution in [0, 0.1) is 32.6 Å². The zero-order valence-corrected chi connectivity index (χ0v) is 34.3. The van der Waals surface area contributed by atoms with Gasteiger partial charge in [0, 0.05) is 45.2 Å². The average Bonchev–Trinajstić information content (AvgIpc) is 3.79. The van der Waals surface area contributed by atoms with Gasteiger partial charge in [0.15, 0.2) is 0 Å². The van der Waals surface area contributed by atoms with Crippen LogP contribution < -0.4 is 14.5 Å². The minimum Gasteiger partial charge on any atom is -0.667 e. The molecule has 5 nitrogen and oxygen atoms in total. The van der Waals surface area contributed by atoms with E-state index >= 15 is 0 Å². The van der Waals surface area contributed by atoms with E-state index in [1.165, 1.54) is 5.56 Å². The fourth-order valence-corrected chi connectivity index (χ4v) is 8.03. The molecule has 0 fully saturated rings. The van der Waals surface area contributed by atoms with E-state index in [-0.39, 0.29) is 21.1 Å². The molecule has 282 valence electrons. The predicted octanol–water partition coefficient (Wildman–Crippen LogP) is 14.2. The fraction of sp³-hybridized carbons (Fsp3) is 0.0577. The van der Waals surface area contributed by atoms with Crippen LogP contribution in [0.4, 0.5) is 28.4 Å². The van der Waals surface area contributed by atoms with Crippen molar-refractivity contribution in [3.8, 4) is 33.8 Å². The Morgan fingerprint density at radius 2 is 1.21 bits per heavy atom. The van der Waals surface area contributed by atoms with Crippen LogP contribution in [0.25, 0.3) is 49.4 Å². The first-order chi connectivity index (χ1) is 28.1. The standard InChI is InChI=1S/C52H38N4O.Pt/c1-36-27-30-47(37(2)31-36)53-34-54-48-24-10-9-21-45(48)46-29-28-42(33-51(46)54)57-41-20-13-19-40(32-41)55-35-56(50-26-12-11-25-49(50)55)52-43(38-15-5-3-6-16-38)22-14-23-44(52)39-17-7-4-8-18-39;/h3-31,35H,34H2,1-2H3;/q-4;+4. The average molecular weight is 930 g/mol. The van der Waals surface area contributed by atoms with E-state index < -0.39 is 0 Å². The number of hydrogen-bond acceptors (Lipinski definition) is 3. The number of para-hydroxylation sites is 4. The summed E-state index contributed by atoms with van der Waals surface area (Å²) in [7, 11) is 0. The Morgan fingerprint density at radius 3 is 1.93 bits per heavy atom. The van der Waals surface area contributed by atoms with Crippen molar-refractivity contribution in [2.45, 2.75) is 20.5 Å². The Labute approximate surface area is 354 Å². The number of anilines is 4.